The predicted octanol–water partition coefficient (Wildman–Crippen LogP) is 3.91. The first kappa shape index (κ1) is 14.7. The Kier molecular flexibility index (Phi) is 4.00. The molecule has 2 aliphatic carbocycles. The summed E-state index contributed by atoms with van der Waals surface area (Å²) in [6.07, 6.45) is 11.4. The fraction of sp³-hybridized carbons (Fsp3) is 0.700. The number of hydrogen-bond donors (Lipinski definition) is 1. The van der Waals surface area contributed by atoms with Crippen molar-refractivity contribution in [2.75, 3.05) is 6.54 Å². The zero-order valence-corrected chi connectivity index (χ0v) is 13.6. The van der Waals surface area contributed by atoms with Gasteiger partial charge in [0, 0.05) is 18.6 Å². The van der Waals surface area contributed by atoms with Crippen molar-refractivity contribution in [3.05, 3.63) is 35.4 Å². The highest BCUT2D eigenvalue weighted by molar-refractivity contribution is 5.25. The first-order chi connectivity index (χ1) is 10.8. The van der Waals surface area contributed by atoms with Crippen LogP contribution in [0.4, 0.5) is 0 Å². The molecule has 0 bridgehead atoms. The summed E-state index contributed by atoms with van der Waals surface area (Å²) in [6.45, 7) is 2.09. The summed E-state index contributed by atoms with van der Waals surface area (Å²) < 4.78 is 0. The molecule has 1 aliphatic heterocycles. The standard InChI is InChI=1S/C20H29NO/c22-19-9-12-21(20(19)10-1-2-11-20)15-18-8-4-7-17(14-18)13-16-5-3-6-16/h4,7-8,14,16,19,22H,1-3,5-6,9-13,15H2. The van der Waals surface area contributed by atoms with E-state index >= 15 is 0 Å². The monoisotopic (exact) mass is 299 g/mol. The molecule has 1 heterocycles. The second-order valence-corrected chi connectivity index (χ2v) is 7.86. The van der Waals surface area contributed by atoms with Crippen molar-refractivity contribution in [3.63, 3.8) is 0 Å². The van der Waals surface area contributed by atoms with E-state index < -0.39 is 0 Å². The molecule has 1 aromatic carbocycles. The van der Waals surface area contributed by atoms with Crippen LogP contribution in [0.2, 0.25) is 0 Å². The van der Waals surface area contributed by atoms with Gasteiger partial charge in [0.15, 0.2) is 0 Å². The Hall–Kier alpha value is -0.860. The van der Waals surface area contributed by atoms with E-state index in [0.717, 1.165) is 25.4 Å². The maximum absolute atomic E-state index is 10.5. The summed E-state index contributed by atoms with van der Waals surface area (Å²) in [5, 5.41) is 10.5. The number of likely N-dealkylation sites (tertiary alicyclic amines) is 1. The Labute approximate surface area is 134 Å². The number of hydrogen-bond acceptors (Lipinski definition) is 2. The third kappa shape index (κ3) is 2.61. The maximum Gasteiger partial charge on any atom is 0.0736 e. The van der Waals surface area contributed by atoms with Gasteiger partial charge in [-0.15, -0.1) is 0 Å². The quantitative estimate of drug-likeness (QED) is 0.911. The van der Waals surface area contributed by atoms with E-state index in [1.54, 1.807) is 0 Å². The SMILES string of the molecule is OC1CCN(Cc2cccc(CC3CCC3)c2)C12CCCC2. The van der Waals surface area contributed by atoms with Crippen molar-refractivity contribution >= 4 is 0 Å². The van der Waals surface area contributed by atoms with Crippen molar-refractivity contribution in [2.45, 2.75) is 76.0 Å². The number of aliphatic hydroxyl groups excluding tert-OH is 1. The molecule has 0 amide bonds. The highest BCUT2D eigenvalue weighted by Crippen LogP contribution is 2.44. The van der Waals surface area contributed by atoms with Crippen LogP contribution >= 0.6 is 0 Å². The van der Waals surface area contributed by atoms with E-state index in [1.807, 2.05) is 0 Å². The van der Waals surface area contributed by atoms with Gasteiger partial charge in [-0.2, -0.15) is 0 Å². The number of rotatable bonds is 4. The lowest BCUT2D eigenvalue weighted by Crippen LogP contribution is -2.47. The van der Waals surface area contributed by atoms with E-state index in [9.17, 15) is 5.11 Å². The van der Waals surface area contributed by atoms with E-state index in [0.29, 0.717) is 0 Å². The summed E-state index contributed by atoms with van der Waals surface area (Å²) in [5.41, 5.74) is 3.06. The van der Waals surface area contributed by atoms with Gasteiger partial charge in [-0.25, -0.2) is 0 Å². The molecule has 1 atom stereocenters. The molecule has 2 heteroatoms. The smallest absolute Gasteiger partial charge is 0.0736 e. The minimum atomic E-state index is -0.104. The number of benzene rings is 1. The fourth-order valence-corrected chi connectivity index (χ4v) is 4.96. The molecular weight excluding hydrogens is 270 g/mol. The highest BCUT2D eigenvalue weighted by atomic mass is 16.3. The van der Waals surface area contributed by atoms with Gasteiger partial charge in [0.05, 0.1) is 6.10 Å². The average molecular weight is 299 g/mol. The molecule has 1 spiro atoms. The molecule has 2 saturated carbocycles. The lowest BCUT2D eigenvalue weighted by molar-refractivity contribution is 0.0277. The predicted molar refractivity (Wildman–Crippen MR) is 89.7 cm³/mol. The topological polar surface area (TPSA) is 23.5 Å². The van der Waals surface area contributed by atoms with Crippen LogP contribution in [0.25, 0.3) is 0 Å². The number of nitrogens with zero attached hydrogens (tertiary/aromatic N) is 1. The van der Waals surface area contributed by atoms with Crippen LogP contribution in [0.3, 0.4) is 0 Å². The van der Waals surface area contributed by atoms with Crippen LogP contribution in [0, 0.1) is 5.92 Å². The van der Waals surface area contributed by atoms with Gasteiger partial charge in [0.25, 0.3) is 0 Å². The Morgan fingerprint density at radius 3 is 2.55 bits per heavy atom. The van der Waals surface area contributed by atoms with Crippen LogP contribution in [-0.2, 0) is 13.0 Å². The molecule has 120 valence electrons. The van der Waals surface area contributed by atoms with Crippen LogP contribution in [-0.4, -0.2) is 28.2 Å². The summed E-state index contributed by atoms with van der Waals surface area (Å²) in [5.74, 6) is 0.935. The van der Waals surface area contributed by atoms with Crippen molar-refractivity contribution in [2.24, 2.45) is 5.92 Å². The van der Waals surface area contributed by atoms with Crippen LogP contribution in [0.15, 0.2) is 24.3 Å². The summed E-state index contributed by atoms with van der Waals surface area (Å²) in [6, 6.07) is 9.23. The molecule has 3 fully saturated rings. The van der Waals surface area contributed by atoms with E-state index in [2.05, 4.69) is 29.2 Å². The van der Waals surface area contributed by atoms with Gasteiger partial charge in [0.1, 0.15) is 0 Å². The van der Waals surface area contributed by atoms with Gasteiger partial charge < -0.3 is 5.11 Å². The normalized spacial score (nSPS) is 28.3. The largest absolute Gasteiger partial charge is 0.391 e. The summed E-state index contributed by atoms with van der Waals surface area (Å²) in [4.78, 5) is 2.59. The summed E-state index contributed by atoms with van der Waals surface area (Å²) >= 11 is 0. The van der Waals surface area contributed by atoms with E-state index in [-0.39, 0.29) is 11.6 Å². The van der Waals surface area contributed by atoms with Gasteiger partial charge in [-0.05, 0) is 42.7 Å². The van der Waals surface area contributed by atoms with Crippen molar-refractivity contribution in [1.29, 1.82) is 0 Å². The van der Waals surface area contributed by atoms with Crippen molar-refractivity contribution in [3.8, 4) is 0 Å². The van der Waals surface area contributed by atoms with Crippen LogP contribution in [0.1, 0.15) is 62.5 Å². The average Bonchev–Trinajstić information content (AvgIpc) is 3.08. The van der Waals surface area contributed by atoms with Gasteiger partial charge in [0.2, 0.25) is 0 Å². The van der Waals surface area contributed by atoms with E-state index in [1.165, 1.54) is 62.5 Å². The molecule has 0 radical (unpaired) electrons. The molecule has 4 rings (SSSR count). The fourth-order valence-electron chi connectivity index (χ4n) is 4.96. The molecule has 1 unspecified atom stereocenters. The van der Waals surface area contributed by atoms with Crippen molar-refractivity contribution < 1.29 is 5.11 Å². The molecule has 2 nitrogen and oxygen atoms in total. The second-order valence-electron chi connectivity index (χ2n) is 7.86. The molecule has 3 aliphatic rings. The molecule has 1 aromatic rings. The third-order valence-electron chi connectivity index (χ3n) is 6.51. The Morgan fingerprint density at radius 2 is 1.82 bits per heavy atom. The zero-order chi connectivity index (χ0) is 15.0. The zero-order valence-electron chi connectivity index (χ0n) is 13.6. The Bertz CT molecular complexity index is 516. The van der Waals surface area contributed by atoms with E-state index in [4.69, 9.17) is 0 Å². The van der Waals surface area contributed by atoms with Crippen LogP contribution < -0.4 is 0 Å². The molecular formula is C20H29NO. The minimum Gasteiger partial charge on any atom is -0.391 e. The lowest BCUT2D eigenvalue weighted by Gasteiger charge is -2.37. The molecule has 22 heavy (non-hydrogen) atoms. The van der Waals surface area contributed by atoms with Gasteiger partial charge >= 0.3 is 0 Å². The maximum atomic E-state index is 10.5. The van der Waals surface area contributed by atoms with Crippen LogP contribution in [0.5, 0.6) is 0 Å². The first-order valence-corrected chi connectivity index (χ1v) is 9.27. The second kappa shape index (κ2) is 5.98. The Morgan fingerprint density at radius 1 is 1.05 bits per heavy atom. The summed E-state index contributed by atoms with van der Waals surface area (Å²) in [7, 11) is 0. The molecule has 1 N–H and O–H groups in total. The minimum absolute atomic E-state index is 0.101. The Balaban J connectivity index is 1.47. The number of aliphatic hydroxyl groups is 1. The highest BCUT2D eigenvalue weighted by Gasteiger charge is 2.49. The molecule has 0 aromatic heterocycles. The lowest BCUT2D eigenvalue weighted by atomic mass is 9.81. The van der Waals surface area contributed by atoms with Crippen molar-refractivity contribution in [1.82, 2.24) is 4.90 Å². The molecule has 1 saturated heterocycles. The first-order valence-electron chi connectivity index (χ1n) is 9.27. The van der Waals surface area contributed by atoms with Gasteiger partial charge in [-0.1, -0.05) is 56.4 Å². The third-order valence-corrected chi connectivity index (χ3v) is 6.51. The van der Waals surface area contributed by atoms with Gasteiger partial charge in [-0.3, -0.25) is 4.90 Å².